The molecule has 2 aromatic rings. The van der Waals surface area contributed by atoms with Gasteiger partial charge >= 0.3 is 5.97 Å². The number of piperidine rings is 1. The lowest BCUT2D eigenvalue weighted by atomic mass is 9.76. The number of likely N-dealkylation sites (tertiary alicyclic amines) is 1. The summed E-state index contributed by atoms with van der Waals surface area (Å²) in [5.41, 5.74) is -0.368. The number of benzene rings is 2. The van der Waals surface area contributed by atoms with E-state index in [1.165, 1.54) is 25.3 Å². The maximum absolute atomic E-state index is 15.6. The zero-order valence-electron chi connectivity index (χ0n) is 20.4. The van der Waals surface area contributed by atoms with Crippen molar-refractivity contribution in [2.45, 2.75) is 38.1 Å². The Kier molecular flexibility index (Phi) is 8.67. The van der Waals surface area contributed by atoms with E-state index in [9.17, 15) is 19.8 Å². The van der Waals surface area contributed by atoms with E-state index in [2.05, 4.69) is 4.90 Å². The number of aldehydes is 1. The lowest BCUT2D eigenvalue weighted by molar-refractivity contribution is -0.0326. The predicted octanol–water partition coefficient (Wildman–Crippen LogP) is 4.32. The van der Waals surface area contributed by atoms with Gasteiger partial charge in [0, 0.05) is 29.8 Å². The van der Waals surface area contributed by atoms with Crippen LogP contribution in [0.15, 0.2) is 30.3 Å². The Morgan fingerprint density at radius 1 is 1.34 bits per heavy atom. The highest BCUT2D eigenvalue weighted by Crippen LogP contribution is 2.38. The average molecular weight is 507 g/mol. The number of carbonyl (C=O) groups excluding carboxylic acids is 1. The standard InChI is InChI=1S/C26H32ClFN2O5/c1-26(34,18-7-9-29(2)10-8-18)19-11-17(15-31)23(22(28)12-19)24(35-4)30(3)14-16-5-6-20(27)13-21(16)25(32)33/h5-6,11-13,15,18,24,34H,7-10,14H2,1-4H3,(H,32,33). The van der Waals surface area contributed by atoms with Crippen LogP contribution >= 0.6 is 11.6 Å². The summed E-state index contributed by atoms with van der Waals surface area (Å²) in [4.78, 5) is 27.5. The second kappa shape index (κ2) is 11.1. The molecule has 0 saturated carbocycles. The van der Waals surface area contributed by atoms with Crippen molar-refractivity contribution in [3.63, 3.8) is 0 Å². The van der Waals surface area contributed by atoms with Gasteiger partial charge < -0.3 is 19.8 Å². The van der Waals surface area contributed by atoms with Crippen LogP contribution in [0.1, 0.15) is 63.4 Å². The van der Waals surface area contributed by atoms with E-state index < -0.39 is 23.6 Å². The molecule has 35 heavy (non-hydrogen) atoms. The average Bonchev–Trinajstić information content (AvgIpc) is 2.81. The highest BCUT2D eigenvalue weighted by molar-refractivity contribution is 6.30. The normalized spacial score (nSPS) is 17.8. The van der Waals surface area contributed by atoms with Crippen LogP contribution in [0.5, 0.6) is 0 Å². The van der Waals surface area contributed by atoms with Crippen molar-refractivity contribution in [3.05, 3.63) is 69.0 Å². The predicted molar refractivity (Wildman–Crippen MR) is 131 cm³/mol. The zero-order chi connectivity index (χ0) is 25.9. The third-order valence-electron chi connectivity index (χ3n) is 6.98. The number of aliphatic hydroxyl groups is 1. The molecule has 2 unspecified atom stereocenters. The van der Waals surface area contributed by atoms with E-state index in [0.717, 1.165) is 25.9 Å². The first-order valence-corrected chi connectivity index (χ1v) is 11.8. The maximum atomic E-state index is 15.6. The molecular weight excluding hydrogens is 475 g/mol. The van der Waals surface area contributed by atoms with Crippen molar-refractivity contribution in [2.24, 2.45) is 5.92 Å². The molecule has 2 aromatic carbocycles. The Labute approximate surface area is 210 Å². The van der Waals surface area contributed by atoms with Crippen LogP contribution in [0.25, 0.3) is 0 Å². The first-order chi connectivity index (χ1) is 16.5. The molecule has 0 spiro atoms. The molecule has 7 nitrogen and oxygen atoms in total. The van der Waals surface area contributed by atoms with Crippen molar-refractivity contribution >= 4 is 23.9 Å². The van der Waals surface area contributed by atoms with Gasteiger partial charge in [-0.05, 0) is 88.3 Å². The number of carboxylic acid groups (broad SMARTS) is 1. The van der Waals surface area contributed by atoms with Gasteiger partial charge in [-0.1, -0.05) is 17.7 Å². The van der Waals surface area contributed by atoms with Crippen LogP contribution in [0, 0.1) is 11.7 Å². The fourth-order valence-electron chi connectivity index (χ4n) is 4.85. The number of aromatic carboxylic acids is 1. The molecule has 0 bridgehead atoms. The number of hydrogen-bond donors (Lipinski definition) is 2. The van der Waals surface area contributed by atoms with Crippen molar-refractivity contribution in [1.82, 2.24) is 9.80 Å². The van der Waals surface area contributed by atoms with Gasteiger partial charge in [0.15, 0.2) is 6.29 Å². The number of carboxylic acids is 1. The quantitative estimate of drug-likeness (QED) is 0.386. The van der Waals surface area contributed by atoms with E-state index >= 15 is 4.39 Å². The number of halogens is 2. The van der Waals surface area contributed by atoms with Crippen molar-refractivity contribution < 1.29 is 28.9 Å². The number of nitrogens with zero attached hydrogens (tertiary/aromatic N) is 2. The molecule has 2 atom stereocenters. The molecule has 9 heteroatoms. The van der Waals surface area contributed by atoms with Crippen LogP contribution in [0.4, 0.5) is 4.39 Å². The lowest BCUT2D eigenvalue weighted by Crippen LogP contribution is -2.40. The summed E-state index contributed by atoms with van der Waals surface area (Å²) >= 11 is 5.95. The van der Waals surface area contributed by atoms with Gasteiger partial charge in [0.2, 0.25) is 0 Å². The van der Waals surface area contributed by atoms with Gasteiger partial charge in [-0.3, -0.25) is 9.69 Å². The Bertz CT molecular complexity index is 1090. The number of rotatable bonds is 9. The largest absolute Gasteiger partial charge is 0.478 e. The van der Waals surface area contributed by atoms with E-state index in [4.69, 9.17) is 16.3 Å². The van der Waals surface area contributed by atoms with Crippen LogP contribution in [0.3, 0.4) is 0 Å². The van der Waals surface area contributed by atoms with E-state index in [1.54, 1.807) is 31.0 Å². The molecule has 0 amide bonds. The first kappa shape index (κ1) is 27.2. The summed E-state index contributed by atoms with van der Waals surface area (Å²) in [6.45, 7) is 3.44. The summed E-state index contributed by atoms with van der Waals surface area (Å²) in [6.07, 6.45) is 1.10. The summed E-state index contributed by atoms with van der Waals surface area (Å²) in [6, 6.07) is 7.32. The third-order valence-corrected chi connectivity index (χ3v) is 7.21. The first-order valence-electron chi connectivity index (χ1n) is 11.4. The lowest BCUT2D eigenvalue weighted by Gasteiger charge is -2.39. The topological polar surface area (TPSA) is 90.3 Å². The fourth-order valence-corrected chi connectivity index (χ4v) is 5.02. The van der Waals surface area contributed by atoms with Crippen LogP contribution in [-0.2, 0) is 16.9 Å². The number of carbonyl (C=O) groups is 2. The van der Waals surface area contributed by atoms with Gasteiger partial charge in [-0.2, -0.15) is 0 Å². The molecule has 0 radical (unpaired) electrons. The molecule has 1 heterocycles. The van der Waals surface area contributed by atoms with Gasteiger partial charge in [0.1, 0.15) is 12.0 Å². The monoisotopic (exact) mass is 506 g/mol. The molecule has 2 N–H and O–H groups in total. The molecule has 3 rings (SSSR count). The Morgan fingerprint density at radius 2 is 2.00 bits per heavy atom. The van der Waals surface area contributed by atoms with Gasteiger partial charge in [0.25, 0.3) is 0 Å². The number of ether oxygens (including phenoxy) is 1. The molecule has 0 aromatic heterocycles. The Hall–Kier alpha value is -2.36. The van der Waals surface area contributed by atoms with Gasteiger partial charge in [-0.25, -0.2) is 9.18 Å². The summed E-state index contributed by atoms with van der Waals surface area (Å²) < 4.78 is 21.1. The van der Waals surface area contributed by atoms with Crippen LogP contribution in [-0.4, -0.2) is 66.6 Å². The minimum atomic E-state index is -1.30. The van der Waals surface area contributed by atoms with Crippen molar-refractivity contribution in [2.75, 3.05) is 34.3 Å². The molecule has 1 saturated heterocycles. The second-order valence-corrected chi connectivity index (χ2v) is 9.85. The Balaban J connectivity index is 1.94. The molecule has 0 aliphatic carbocycles. The summed E-state index contributed by atoms with van der Waals surface area (Å²) in [7, 11) is 5.05. The SMILES string of the molecule is COC(c1c(F)cc(C(C)(O)C2CCN(C)CC2)cc1C=O)N(C)Cc1ccc(Cl)cc1C(=O)O. The second-order valence-electron chi connectivity index (χ2n) is 9.41. The number of hydrogen-bond acceptors (Lipinski definition) is 6. The highest BCUT2D eigenvalue weighted by atomic mass is 35.5. The van der Waals surface area contributed by atoms with Crippen molar-refractivity contribution in [3.8, 4) is 0 Å². The van der Waals surface area contributed by atoms with Gasteiger partial charge in [0.05, 0.1) is 11.2 Å². The fraction of sp³-hybridized carbons (Fsp3) is 0.462. The molecule has 1 aliphatic heterocycles. The molecule has 1 aliphatic rings. The summed E-state index contributed by atoms with van der Waals surface area (Å²) in [5.74, 6) is -1.88. The smallest absolute Gasteiger partial charge is 0.336 e. The summed E-state index contributed by atoms with van der Waals surface area (Å²) in [5, 5.41) is 21.1. The minimum Gasteiger partial charge on any atom is -0.478 e. The maximum Gasteiger partial charge on any atom is 0.336 e. The van der Waals surface area contributed by atoms with E-state index in [1.807, 2.05) is 7.05 Å². The Morgan fingerprint density at radius 3 is 2.57 bits per heavy atom. The molecule has 1 fully saturated rings. The third kappa shape index (κ3) is 5.90. The van der Waals surface area contributed by atoms with Gasteiger partial charge in [-0.15, -0.1) is 0 Å². The minimum absolute atomic E-state index is 0.0266. The van der Waals surface area contributed by atoms with Crippen molar-refractivity contribution in [1.29, 1.82) is 0 Å². The highest BCUT2D eigenvalue weighted by Gasteiger charge is 2.37. The van der Waals surface area contributed by atoms with E-state index in [0.29, 0.717) is 22.4 Å². The van der Waals surface area contributed by atoms with Crippen LogP contribution < -0.4 is 0 Å². The number of methoxy groups -OCH3 is 1. The molecular formula is C26H32ClFN2O5. The van der Waals surface area contributed by atoms with Crippen LogP contribution in [0.2, 0.25) is 5.02 Å². The zero-order valence-corrected chi connectivity index (χ0v) is 21.2. The van der Waals surface area contributed by atoms with E-state index in [-0.39, 0.29) is 29.2 Å². The molecule has 190 valence electrons.